The summed E-state index contributed by atoms with van der Waals surface area (Å²) in [6, 6.07) is 0. The monoisotopic (exact) mass is 464 g/mol. The first-order valence-electron chi connectivity index (χ1n) is 13.7. The maximum atomic E-state index is 10.7. The van der Waals surface area contributed by atoms with Gasteiger partial charge in [-0.05, 0) is 98.2 Å². The molecule has 4 rings (SSSR count). The number of amides is 1. The summed E-state index contributed by atoms with van der Waals surface area (Å²) in [4.78, 5) is 10.7. The molecule has 0 aliphatic heterocycles. The first-order valence-corrected chi connectivity index (χ1v) is 14.7. The van der Waals surface area contributed by atoms with E-state index in [-0.39, 0.29) is 4.75 Å². The molecule has 1 N–H and O–H groups in total. The van der Waals surface area contributed by atoms with Crippen LogP contribution in [0.4, 0.5) is 0 Å². The third kappa shape index (κ3) is 5.07. The second-order valence-corrected chi connectivity index (χ2v) is 14.1. The molecule has 0 spiro atoms. The summed E-state index contributed by atoms with van der Waals surface area (Å²) in [5.41, 5.74) is 3.97. The Bertz CT molecular complexity index is 625. The van der Waals surface area contributed by atoms with Gasteiger partial charge < -0.3 is 0 Å². The molecule has 4 heteroatoms. The Morgan fingerprint density at radius 3 is 2.41 bits per heavy atom. The molecule has 3 nitrogen and oxygen atoms in total. The molecule has 0 bridgehead atoms. The van der Waals surface area contributed by atoms with Gasteiger partial charge in [0.2, 0.25) is 6.41 Å². The van der Waals surface area contributed by atoms with Gasteiger partial charge in [0, 0.05) is 11.8 Å². The molecule has 0 aromatic carbocycles. The van der Waals surface area contributed by atoms with Crippen molar-refractivity contribution in [2.75, 3.05) is 12.9 Å². The smallest absolute Gasteiger partial charge is 0.221 e. The largest absolute Gasteiger partial charge is 0.291 e. The molecular formula is C28H52N2OS. The van der Waals surface area contributed by atoms with Crippen molar-refractivity contribution in [2.45, 2.75) is 117 Å². The van der Waals surface area contributed by atoms with Gasteiger partial charge in [0.25, 0.3) is 0 Å². The minimum absolute atomic E-state index is 0.255. The van der Waals surface area contributed by atoms with Crippen LogP contribution in [0.1, 0.15) is 112 Å². The predicted octanol–water partition coefficient (Wildman–Crippen LogP) is 7.51. The molecule has 4 aliphatic carbocycles. The summed E-state index contributed by atoms with van der Waals surface area (Å²) in [5, 5.41) is 1.90. The maximum Gasteiger partial charge on any atom is 0.221 e. The average Bonchev–Trinajstić information content (AvgIpc) is 3.09. The lowest BCUT2D eigenvalue weighted by Crippen LogP contribution is -2.52. The first-order chi connectivity index (χ1) is 15.2. The number of fused-ring (bicyclic) bond motifs is 5. The Morgan fingerprint density at radius 1 is 0.969 bits per heavy atom. The SMILES string of the molecule is CC.CN(CSC(C)(C)CC1CCC2C3CCC4CCCCC4(C)C3CCC12C)NC=O. The van der Waals surface area contributed by atoms with E-state index in [0.717, 1.165) is 41.9 Å². The second-order valence-electron chi connectivity index (χ2n) is 12.4. The number of thioether (sulfide) groups is 1. The normalized spacial score (nSPS) is 41.1. The van der Waals surface area contributed by atoms with Gasteiger partial charge in [0.1, 0.15) is 0 Å². The van der Waals surface area contributed by atoms with Crippen LogP contribution < -0.4 is 5.43 Å². The van der Waals surface area contributed by atoms with E-state index in [2.05, 4.69) is 33.1 Å². The van der Waals surface area contributed by atoms with Crippen LogP contribution in [0.25, 0.3) is 0 Å². The van der Waals surface area contributed by atoms with Gasteiger partial charge in [-0.3, -0.25) is 10.2 Å². The summed E-state index contributed by atoms with van der Waals surface area (Å²) < 4.78 is 0.255. The zero-order chi connectivity index (χ0) is 23.6. The summed E-state index contributed by atoms with van der Waals surface area (Å²) in [7, 11) is 1.95. The molecule has 186 valence electrons. The number of nitrogens with zero attached hydrogens (tertiary/aromatic N) is 1. The molecule has 0 radical (unpaired) electrons. The quantitative estimate of drug-likeness (QED) is 0.240. The molecule has 4 aliphatic rings. The molecule has 0 saturated heterocycles. The van der Waals surface area contributed by atoms with Crippen molar-refractivity contribution in [3.63, 3.8) is 0 Å². The van der Waals surface area contributed by atoms with Crippen molar-refractivity contribution in [3.05, 3.63) is 0 Å². The van der Waals surface area contributed by atoms with E-state index in [9.17, 15) is 4.79 Å². The minimum atomic E-state index is 0.255. The van der Waals surface area contributed by atoms with Crippen molar-refractivity contribution in [2.24, 2.45) is 40.4 Å². The van der Waals surface area contributed by atoms with Crippen LogP contribution in [0.5, 0.6) is 0 Å². The van der Waals surface area contributed by atoms with Gasteiger partial charge in [-0.15, -0.1) is 11.8 Å². The molecule has 1 amide bonds. The van der Waals surface area contributed by atoms with E-state index in [1.54, 1.807) is 0 Å². The fourth-order valence-electron chi connectivity index (χ4n) is 8.79. The van der Waals surface area contributed by atoms with Gasteiger partial charge in [-0.25, -0.2) is 5.01 Å². The zero-order valence-electron chi connectivity index (χ0n) is 22.2. The molecule has 7 atom stereocenters. The van der Waals surface area contributed by atoms with E-state index in [4.69, 9.17) is 0 Å². The Balaban J connectivity index is 0.00000141. The lowest BCUT2D eigenvalue weighted by Gasteiger charge is -2.60. The predicted molar refractivity (Wildman–Crippen MR) is 139 cm³/mol. The molecule has 0 heterocycles. The number of rotatable bonds is 7. The fraction of sp³-hybridized carbons (Fsp3) is 0.964. The van der Waals surface area contributed by atoms with Gasteiger partial charge in [-0.2, -0.15) is 0 Å². The Kier molecular flexibility index (Phi) is 8.73. The Morgan fingerprint density at radius 2 is 1.69 bits per heavy atom. The lowest BCUT2D eigenvalue weighted by molar-refractivity contribution is -0.112. The number of carbonyl (C=O) groups excluding carboxylic acids is 1. The second kappa shape index (κ2) is 10.6. The van der Waals surface area contributed by atoms with E-state index in [0.29, 0.717) is 10.8 Å². The molecule has 32 heavy (non-hydrogen) atoms. The molecule has 0 aromatic heterocycles. The van der Waals surface area contributed by atoms with Gasteiger partial charge >= 0.3 is 0 Å². The van der Waals surface area contributed by atoms with Gasteiger partial charge in [0.05, 0.1) is 5.88 Å². The van der Waals surface area contributed by atoms with Crippen molar-refractivity contribution < 1.29 is 4.79 Å². The van der Waals surface area contributed by atoms with Crippen LogP contribution in [0, 0.1) is 40.4 Å². The van der Waals surface area contributed by atoms with E-state index < -0.39 is 0 Å². The highest BCUT2D eigenvalue weighted by atomic mass is 32.2. The van der Waals surface area contributed by atoms with Crippen LogP contribution in [-0.4, -0.2) is 29.1 Å². The standard InChI is InChI=1S/C26H46N2OS.C2H6/c1-24(2,30-18-28(5)27-17-29)16-20-10-12-22-21-11-9-19-8-6-7-14-25(19,3)23(21)13-15-26(20,22)4;1-2/h17,19-23H,6-16,18H2,1-5H3,(H,27,29);1-2H3. The molecule has 4 fully saturated rings. The van der Waals surface area contributed by atoms with Crippen LogP contribution in [0.3, 0.4) is 0 Å². The number of hydrogen-bond donors (Lipinski definition) is 1. The highest BCUT2D eigenvalue weighted by Crippen LogP contribution is 2.68. The summed E-state index contributed by atoms with van der Waals surface area (Å²) in [6.45, 7) is 14.2. The van der Waals surface area contributed by atoms with Crippen molar-refractivity contribution in [1.29, 1.82) is 0 Å². The van der Waals surface area contributed by atoms with Crippen molar-refractivity contribution in [1.82, 2.24) is 10.4 Å². The van der Waals surface area contributed by atoms with E-state index >= 15 is 0 Å². The van der Waals surface area contributed by atoms with Crippen molar-refractivity contribution in [3.8, 4) is 0 Å². The van der Waals surface area contributed by atoms with Crippen LogP contribution in [-0.2, 0) is 4.79 Å². The topological polar surface area (TPSA) is 32.3 Å². The Hall–Kier alpha value is -0.220. The molecule has 0 aromatic rings. The molecule has 4 saturated carbocycles. The molecule has 7 unspecified atom stereocenters. The van der Waals surface area contributed by atoms with Crippen molar-refractivity contribution >= 4 is 18.2 Å². The van der Waals surface area contributed by atoms with Crippen LogP contribution in [0.15, 0.2) is 0 Å². The third-order valence-electron chi connectivity index (χ3n) is 10.4. The van der Waals surface area contributed by atoms with Gasteiger partial charge in [-0.1, -0.05) is 54.4 Å². The number of nitrogens with one attached hydrogen (secondary N) is 1. The number of hydrazine groups is 1. The average molecular weight is 465 g/mol. The van der Waals surface area contributed by atoms with E-state index in [1.807, 2.05) is 37.7 Å². The zero-order valence-corrected chi connectivity index (χ0v) is 23.0. The molecular weight excluding hydrogens is 412 g/mol. The number of carbonyl (C=O) groups is 1. The lowest BCUT2D eigenvalue weighted by atomic mass is 9.45. The Labute approximate surface area is 203 Å². The third-order valence-corrected chi connectivity index (χ3v) is 11.9. The highest BCUT2D eigenvalue weighted by Gasteiger charge is 2.59. The summed E-state index contributed by atoms with van der Waals surface area (Å²) in [6.07, 6.45) is 17.0. The fourth-order valence-corrected chi connectivity index (χ4v) is 9.73. The first kappa shape index (κ1) is 26.4. The van der Waals surface area contributed by atoms with Crippen LogP contribution in [0.2, 0.25) is 0 Å². The highest BCUT2D eigenvalue weighted by molar-refractivity contribution is 8.00. The van der Waals surface area contributed by atoms with Crippen LogP contribution >= 0.6 is 11.8 Å². The maximum absolute atomic E-state index is 10.7. The number of hydrogen-bond acceptors (Lipinski definition) is 3. The van der Waals surface area contributed by atoms with E-state index in [1.165, 1.54) is 70.6 Å². The summed E-state index contributed by atoms with van der Waals surface area (Å²) in [5.74, 6) is 5.74. The van der Waals surface area contributed by atoms with Gasteiger partial charge in [0.15, 0.2) is 0 Å². The summed E-state index contributed by atoms with van der Waals surface area (Å²) >= 11 is 1.99. The minimum Gasteiger partial charge on any atom is -0.291 e.